The average molecular weight is 489 g/mol. The lowest BCUT2D eigenvalue weighted by atomic mass is 10.0. The number of unbranched alkanes of at least 4 members (excludes halogenated alkanes) is 15. The predicted molar refractivity (Wildman–Crippen MR) is 160 cm³/mol. The summed E-state index contributed by atoms with van der Waals surface area (Å²) < 4.78 is 0. The smallest absolute Gasteiger partial charge is 0.0709 e. The summed E-state index contributed by atoms with van der Waals surface area (Å²) in [5.41, 5.74) is 2.99. The average Bonchev–Trinajstić information content (AvgIpc) is 3.34. The number of allylic oxidation sites excluding steroid dienone is 1. The zero-order valence-corrected chi connectivity index (χ0v) is 24.0. The minimum Gasteiger partial charge on any atom is -0.0709 e. The molecule has 0 heterocycles. The fourth-order valence-corrected chi connectivity index (χ4v) is 9.88. The second kappa shape index (κ2) is 16.2. The van der Waals surface area contributed by atoms with Gasteiger partial charge in [-0.2, -0.15) is 0 Å². The van der Waals surface area contributed by atoms with Crippen molar-refractivity contribution < 1.29 is 0 Å². The molecule has 35 heavy (non-hydrogen) atoms. The van der Waals surface area contributed by atoms with Crippen LogP contribution in [-0.4, -0.2) is 8.07 Å². The van der Waals surface area contributed by atoms with E-state index < -0.39 is 8.07 Å². The van der Waals surface area contributed by atoms with Gasteiger partial charge in [-0.25, -0.2) is 0 Å². The zero-order chi connectivity index (χ0) is 24.6. The molecule has 0 aliphatic heterocycles. The fraction of sp³-hybridized carbons (Fsp3) is 0.588. The van der Waals surface area contributed by atoms with E-state index in [-0.39, 0.29) is 0 Å². The van der Waals surface area contributed by atoms with E-state index in [1.807, 2.05) is 0 Å². The second-order valence-electron chi connectivity index (χ2n) is 11.3. The number of hydrogen-bond donors (Lipinski definition) is 0. The van der Waals surface area contributed by atoms with Gasteiger partial charge in [0.15, 0.2) is 0 Å². The Labute approximate surface area is 218 Å². The summed E-state index contributed by atoms with van der Waals surface area (Å²) in [6, 6.07) is 21.9. The molecule has 1 atom stereocenters. The first-order valence-electron chi connectivity index (χ1n) is 15.1. The van der Waals surface area contributed by atoms with Crippen molar-refractivity contribution in [2.24, 2.45) is 0 Å². The van der Waals surface area contributed by atoms with Gasteiger partial charge in [-0.1, -0.05) is 187 Å². The highest BCUT2D eigenvalue weighted by atomic mass is 28.3. The van der Waals surface area contributed by atoms with Gasteiger partial charge in [0.25, 0.3) is 0 Å². The minimum atomic E-state index is -1.64. The lowest BCUT2D eigenvalue weighted by Gasteiger charge is -2.30. The van der Waals surface area contributed by atoms with Crippen molar-refractivity contribution >= 4 is 19.3 Å². The van der Waals surface area contributed by atoms with Crippen molar-refractivity contribution in [2.75, 3.05) is 0 Å². The van der Waals surface area contributed by atoms with Crippen molar-refractivity contribution in [3.63, 3.8) is 0 Å². The second-order valence-corrected chi connectivity index (χ2v) is 15.7. The molecule has 2 aromatic carbocycles. The Morgan fingerprint density at radius 1 is 0.571 bits per heavy atom. The monoisotopic (exact) mass is 488 g/mol. The van der Waals surface area contributed by atoms with Gasteiger partial charge in [0.1, 0.15) is 8.07 Å². The van der Waals surface area contributed by atoms with Crippen LogP contribution in [0.5, 0.6) is 0 Å². The third kappa shape index (κ3) is 9.41. The first-order chi connectivity index (χ1) is 17.2. The van der Waals surface area contributed by atoms with Crippen molar-refractivity contribution in [1.29, 1.82) is 0 Å². The van der Waals surface area contributed by atoms with Gasteiger partial charge in [-0.3, -0.25) is 0 Å². The maximum absolute atomic E-state index is 2.63. The van der Waals surface area contributed by atoms with Gasteiger partial charge in [0.05, 0.1) is 0 Å². The molecule has 192 valence electrons. The maximum atomic E-state index is 2.63. The van der Waals surface area contributed by atoms with E-state index in [1.165, 1.54) is 126 Å². The van der Waals surface area contributed by atoms with Gasteiger partial charge in [0, 0.05) is 0 Å². The van der Waals surface area contributed by atoms with Gasteiger partial charge in [-0.05, 0) is 23.6 Å². The molecule has 0 fully saturated rings. The summed E-state index contributed by atoms with van der Waals surface area (Å²) in [5.74, 6) is 0. The van der Waals surface area contributed by atoms with Gasteiger partial charge in [0.2, 0.25) is 0 Å². The Morgan fingerprint density at radius 2 is 1.06 bits per heavy atom. The molecule has 0 saturated heterocycles. The Hall–Kier alpha value is -1.60. The van der Waals surface area contributed by atoms with Crippen LogP contribution >= 0.6 is 0 Å². The first-order valence-corrected chi connectivity index (χ1v) is 17.8. The third-order valence-corrected chi connectivity index (χ3v) is 13.1. The van der Waals surface area contributed by atoms with E-state index >= 15 is 0 Å². The molecule has 0 spiro atoms. The molecule has 0 nitrogen and oxygen atoms in total. The Balaban J connectivity index is 1.29. The number of benzene rings is 2. The molecule has 3 rings (SSSR count). The lowest BCUT2D eigenvalue weighted by molar-refractivity contribution is 0.531. The van der Waals surface area contributed by atoms with Crippen molar-refractivity contribution in [3.8, 4) is 0 Å². The van der Waals surface area contributed by atoms with E-state index in [0.29, 0.717) is 0 Å². The van der Waals surface area contributed by atoms with E-state index in [4.69, 9.17) is 0 Å². The standard InChI is InChI=1S/C34H52Si/c1-3-4-5-6-7-8-9-10-11-12-13-14-15-16-17-23-28-35(2,33-26-19-18-20-27-33)34-29-31-24-21-22-25-32(31)30-34/h18-22,24-27,29H,3-17,23,28,30H2,1-2H3. The predicted octanol–water partition coefficient (Wildman–Crippen LogP) is 10.4. The summed E-state index contributed by atoms with van der Waals surface area (Å²) >= 11 is 0. The molecule has 0 amide bonds. The van der Waals surface area contributed by atoms with Crippen LogP contribution in [0, 0.1) is 0 Å². The van der Waals surface area contributed by atoms with Crippen LogP contribution in [0.15, 0.2) is 59.8 Å². The number of rotatable bonds is 19. The molecular formula is C34H52Si. The van der Waals surface area contributed by atoms with Gasteiger partial charge >= 0.3 is 0 Å². The first kappa shape index (κ1) is 28.0. The maximum Gasteiger partial charge on any atom is 0.111 e. The molecule has 1 aliphatic rings. The highest BCUT2D eigenvalue weighted by Gasteiger charge is 2.35. The highest BCUT2D eigenvalue weighted by Crippen LogP contribution is 2.34. The summed E-state index contributed by atoms with van der Waals surface area (Å²) in [5, 5.41) is 3.37. The fourth-order valence-electron chi connectivity index (χ4n) is 5.96. The minimum absolute atomic E-state index is 1.17. The van der Waals surface area contributed by atoms with Crippen LogP contribution in [0.2, 0.25) is 12.6 Å². The van der Waals surface area contributed by atoms with Gasteiger partial charge < -0.3 is 0 Å². The molecule has 0 saturated carbocycles. The van der Waals surface area contributed by atoms with Crippen molar-refractivity contribution in [2.45, 2.75) is 129 Å². The summed E-state index contributed by atoms with van der Waals surface area (Å²) in [7, 11) is -1.64. The summed E-state index contributed by atoms with van der Waals surface area (Å²) in [6.45, 7) is 4.93. The molecule has 1 heteroatoms. The SMILES string of the molecule is CCCCCCCCCCCCCCCCCC[Si](C)(C1=Cc2ccccc2C1)c1ccccc1. The number of hydrogen-bond acceptors (Lipinski definition) is 0. The topological polar surface area (TPSA) is 0 Å². The van der Waals surface area contributed by atoms with Crippen LogP contribution in [-0.2, 0) is 6.42 Å². The molecule has 1 unspecified atom stereocenters. The summed E-state index contributed by atoms with van der Waals surface area (Å²) in [4.78, 5) is 0. The van der Waals surface area contributed by atoms with Crippen LogP contribution in [0.25, 0.3) is 6.08 Å². The Bertz CT molecular complexity index is 852. The molecule has 2 aromatic rings. The van der Waals surface area contributed by atoms with E-state index in [1.54, 1.807) is 10.4 Å². The highest BCUT2D eigenvalue weighted by molar-refractivity contribution is 6.97. The van der Waals surface area contributed by atoms with E-state index in [9.17, 15) is 0 Å². The van der Waals surface area contributed by atoms with Gasteiger partial charge in [-0.15, -0.1) is 0 Å². The number of fused-ring (bicyclic) bond motifs is 1. The molecule has 0 N–H and O–H groups in total. The quantitative estimate of drug-likeness (QED) is 0.136. The largest absolute Gasteiger partial charge is 0.111 e. The molecule has 0 aromatic heterocycles. The zero-order valence-electron chi connectivity index (χ0n) is 23.0. The lowest BCUT2D eigenvalue weighted by Crippen LogP contribution is -2.47. The van der Waals surface area contributed by atoms with E-state index in [2.05, 4.69) is 74.1 Å². The Kier molecular flexibility index (Phi) is 13.0. The van der Waals surface area contributed by atoms with Crippen molar-refractivity contribution in [3.05, 3.63) is 70.9 Å². The van der Waals surface area contributed by atoms with Crippen LogP contribution in [0.1, 0.15) is 121 Å². The van der Waals surface area contributed by atoms with Crippen molar-refractivity contribution in [1.82, 2.24) is 0 Å². The third-order valence-electron chi connectivity index (χ3n) is 8.42. The molecule has 0 bridgehead atoms. The van der Waals surface area contributed by atoms with E-state index in [0.717, 1.165) is 0 Å². The molecule has 0 radical (unpaired) electrons. The van der Waals surface area contributed by atoms with Crippen LogP contribution in [0.3, 0.4) is 0 Å². The molecular weight excluding hydrogens is 436 g/mol. The van der Waals surface area contributed by atoms with Crippen LogP contribution in [0.4, 0.5) is 0 Å². The summed E-state index contributed by atoms with van der Waals surface area (Å²) in [6.07, 6.45) is 26.8. The van der Waals surface area contributed by atoms with Crippen LogP contribution < -0.4 is 5.19 Å². The Morgan fingerprint density at radius 3 is 1.60 bits per heavy atom. The molecule has 1 aliphatic carbocycles. The normalized spacial score (nSPS) is 14.5.